The van der Waals surface area contributed by atoms with Crippen molar-refractivity contribution in [3.8, 4) is 0 Å². The summed E-state index contributed by atoms with van der Waals surface area (Å²) in [4.78, 5) is -5.91. The molecule has 0 bridgehead atoms. The number of rotatable bonds is 21. The molecule has 0 aliphatic rings. The normalized spacial score (nSPS) is 12.8. The van der Waals surface area contributed by atoms with Crippen LogP contribution in [0.1, 0.15) is 66.8 Å². The summed E-state index contributed by atoms with van der Waals surface area (Å²) in [6.45, 7) is 13.3. The summed E-state index contributed by atoms with van der Waals surface area (Å²) in [5, 5.41) is 0. The smallest absolute Gasteiger partial charge is 0.0608 e. The van der Waals surface area contributed by atoms with Gasteiger partial charge < -0.3 is 0 Å². The van der Waals surface area contributed by atoms with E-state index in [0.29, 0.717) is 66.8 Å². The minimum atomic E-state index is -5.97. The van der Waals surface area contributed by atoms with E-state index in [2.05, 4.69) is 0 Å². The van der Waals surface area contributed by atoms with Crippen LogP contribution in [-0.4, -0.2) is 25.3 Å². The average Bonchev–Trinajstić information content (AvgIpc) is 0.724. The third-order valence-electron chi connectivity index (χ3n) is 17.8. The fraction of sp³-hybridized carbons (Fsp3) is 0.132. The standard InChI is InChI=1S/C76H56F15IO9S5/c1-39-13-9-17-55(43(39)5)102(56-18-10-14-40(2)44(56)6,100-105(95,96)75-70(88)64(82)60(78)65(83)71(75)89)53-33-25-49(26-34-53)37-47-21-29-51(30-22-47)92(99-104(93,94)74-68(86)62(80)59(77)63(81)69(74)87)52-31-23-48(24-32-52)38-50-27-35-54(36-28-50)103(57-19-11-15-41(3)45(57)7,58-20-12-16-42(4)46(58)8)101-106(97,98)76-72(90)66(84)61(79)67(85)73(76)91/h9-36H,37-38H2,1-8H3. The van der Waals surface area contributed by atoms with Crippen molar-refractivity contribution < 1.29 is 101 Å². The van der Waals surface area contributed by atoms with Crippen LogP contribution in [0.25, 0.3) is 0 Å². The predicted molar refractivity (Wildman–Crippen MR) is 375 cm³/mol. The van der Waals surface area contributed by atoms with Crippen molar-refractivity contribution in [2.75, 3.05) is 0 Å². The van der Waals surface area contributed by atoms with Crippen molar-refractivity contribution in [3.63, 3.8) is 0 Å². The molecule has 556 valence electrons. The Morgan fingerprint density at radius 2 is 0.472 bits per heavy atom. The van der Waals surface area contributed by atoms with E-state index in [1.54, 1.807) is 104 Å². The summed E-state index contributed by atoms with van der Waals surface area (Å²) >= 11 is -4.21. The Kier molecular flexibility index (Phi) is 22.2. The van der Waals surface area contributed by atoms with E-state index in [1.165, 1.54) is 121 Å². The number of hydrogen-bond acceptors (Lipinski definition) is 9. The van der Waals surface area contributed by atoms with Crippen LogP contribution in [0.15, 0.2) is 214 Å². The van der Waals surface area contributed by atoms with Gasteiger partial charge in [-0.25, -0.2) is 43.9 Å². The average molecular weight is 1690 g/mol. The second kappa shape index (κ2) is 29.9. The maximum atomic E-state index is 15.6. The first kappa shape index (κ1) is 78.6. The number of aryl methyl sites for hydroxylation is 4. The van der Waals surface area contributed by atoms with Crippen LogP contribution in [0.2, 0.25) is 0 Å². The van der Waals surface area contributed by atoms with Crippen molar-refractivity contribution in [1.82, 2.24) is 0 Å². The molecule has 11 aromatic carbocycles. The van der Waals surface area contributed by atoms with Gasteiger partial charge in [-0.05, 0) is 77.6 Å². The van der Waals surface area contributed by atoms with Gasteiger partial charge in [0.2, 0.25) is 11.6 Å². The van der Waals surface area contributed by atoms with Gasteiger partial charge in [0.25, 0.3) is 0 Å². The second-order valence-corrected chi connectivity index (χ2v) is 39.4. The molecule has 0 unspecified atom stereocenters. The van der Waals surface area contributed by atoms with Gasteiger partial charge in [-0.3, -0.25) is 0 Å². The third kappa shape index (κ3) is 14.0. The summed E-state index contributed by atoms with van der Waals surface area (Å²) < 4.78 is 329. The molecule has 30 heteroatoms. The molecule has 0 spiro atoms. The molecule has 0 saturated heterocycles. The molecule has 11 rings (SSSR count). The molecular formula is C76H56F15IO9S5. The van der Waals surface area contributed by atoms with Gasteiger partial charge in [0.1, 0.15) is 0 Å². The quantitative estimate of drug-likeness (QED) is 0.0299. The summed E-state index contributed by atoms with van der Waals surface area (Å²) in [5.74, 6) is -39.2. The van der Waals surface area contributed by atoms with Gasteiger partial charge in [0.15, 0.2) is 56.3 Å². The maximum absolute atomic E-state index is 15.6. The number of benzene rings is 11. The molecule has 0 N–H and O–H groups in total. The van der Waals surface area contributed by atoms with Crippen LogP contribution >= 0.6 is 40.9 Å². The first-order valence-corrected chi connectivity index (χ1v) is 41.6. The summed E-state index contributed by atoms with van der Waals surface area (Å²) in [7, 11) is -25.5. The minimum Gasteiger partial charge on any atom is -0.0608 e. The zero-order valence-electron chi connectivity index (χ0n) is 56.3. The zero-order valence-corrected chi connectivity index (χ0v) is 62.6. The Balaban J connectivity index is 0.957. The second-order valence-electron chi connectivity index (χ2n) is 24.3. The Morgan fingerprint density at radius 1 is 0.264 bits per heavy atom. The zero-order chi connectivity index (χ0) is 77.4. The van der Waals surface area contributed by atoms with Gasteiger partial charge in [0, 0.05) is 0 Å². The molecule has 11 aromatic rings. The van der Waals surface area contributed by atoms with E-state index >= 15 is 26.3 Å². The third-order valence-corrected chi connectivity index (χ3v) is 36.0. The van der Waals surface area contributed by atoms with Crippen LogP contribution in [0.4, 0.5) is 65.9 Å². The number of hydrogen-bond donors (Lipinski definition) is 0. The Bertz CT molecular complexity index is 5250. The van der Waals surface area contributed by atoms with Crippen molar-refractivity contribution in [3.05, 3.63) is 331 Å². The van der Waals surface area contributed by atoms with Gasteiger partial charge in [0.05, 0.1) is 0 Å². The Labute approximate surface area is 611 Å². The van der Waals surface area contributed by atoms with E-state index in [4.69, 9.17) is 9.77 Å². The molecule has 0 aromatic heterocycles. The van der Waals surface area contributed by atoms with Gasteiger partial charge >= 0.3 is 361 Å². The Hall–Kier alpha value is -8.47. The van der Waals surface area contributed by atoms with Crippen molar-refractivity contribution in [1.29, 1.82) is 0 Å². The van der Waals surface area contributed by atoms with Crippen molar-refractivity contribution >= 4 is 71.2 Å². The fourth-order valence-electron chi connectivity index (χ4n) is 11.7. The summed E-state index contributed by atoms with van der Waals surface area (Å²) in [6.07, 6.45) is 0.0498. The first-order chi connectivity index (χ1) is 49.8. The molecule has 0 amide bonds. The molecule has 0 aliphatic heterocycles. The molecule has 0 aliphatic carbocycles. The molecule has 9 nitrogen and oxygen atoms in total. The fourth-order valence-corrected chi connectivity index (χ4v) is 30.3. The van der Waals surface area contributed by atoms with Crippen LogP contribution in [0, 0.1) is 150 Å². The molecule has 0 atom stereocenters. The Morgan fingerprint density at radius 3 is 0.708 bits per heavy atom. The van der Waals surface area contributed by atoms with Crippen LogP contribution < -0.4 is 0 Å². The van der Waals surface area contributed by atoms with E-state index in [0.717, 1.165) is 0 Å². The molecular weight excluding hydrogens is 1630 g/mol. The van der Waals surface area contributed by atoms with Gasteiger partial charge in [-0.1, -0.05) is 48.5 Å². The molecule has 106 heavy (non-hydrogen) atoms. The topological polar surface area (TPSA) is 130 Å². The number of halogens is 16. The molecule has 0 radical (unpaired) electrons. The first-order valence-electron chi connectivity index (χ1n) is 31.2. The summed E-state index contributed by atoms with van der Waals surface area (Å²) in [5.41, 5.74) is 6.02. The molecule has 0 saturated carbocycles. The van der Waals surface area contributed by atoms with Crippen molar-refractivity contribution in [2.45, 2.75) is 112 Å². The SMILES string of the molecule is Cc1cccc(S(OS(=O)(=O)c2c(F)c(F)c(F)c(F)c2F)(c2ccc(Cc3ccc(I(OS(=O)(=O)c4c(F)c(F)c(F)c(F)c4F)c4ccc(Cc5ccc(S(OS(=O)(=O)c6c(F)c(F)c(F)c(F)c6F)(c6cccc(C)c6C)c6cccc(C)c6C)cc5)cc4)cc3)cc2)c2cccc(C)c2C)c1C. The van der Waals surface area contributed by atoms with E-state index in [9.17, 15) is 64.8 Å². The van der Waals surface area contributed by atoms with Gasteiger partial charge in [-0.2, -0.15) is 16.8 Å². The van der Waals surface area contributed by atoms with E-state index in [-0.39, 0.29) is 49.4 Å². The van der Waals surface area contributed by atoms with Crippen molar-refractivity contribution in [2.24, 2.45) is 0 Å². The van der Waals surface area contributed by atoms with Gasteiger partial charge in [-0.15, -0.1) is 0 Å². The predicted octanol–water partition coefficient (Wildman–Crippen LogP) is 21.5. The van der Waals surface area contributed by atoms with E-state index in [1.807, 2.05) is 0 Å². The van der Waals surface area contributed by atoms with Crippen LogP contribution in [0.5, 0.6) is 0 Å². The monoisotopic (exact) mass is 1680 g/mol. The van der Waals surface area contributed by atoms with Crippen LogP contribution in [0.3, 0.4) is 0 Å². The summed E-state index contributed by atoms with van der Waals surface area (Å²) in [6, 6.07) is 42.6. The molecule has 0 fully saturated rings. The minimum absolute atomic E-state index is 0.0249. The van der Waals surface area contributed by atoms with E-state index < -0.39 is 173 Å². The molecule has 0 heterocycles. The van der Waals surface area contributed by atoms with Crippen LogP contribution in [-0.2, 0) is 53.0 Å².